The average molecular weight is 806 g/mol. The van der Waals surface area contributed by atoms with Crippen LogP contribution in [0.1, 0.15) is 25.0 Å². The van der Waals surface area contributed by atoms with Gasteiger partial charge in [0.05, 0.1) is 5.69 Å². The third kappa shape index (κ3) is 6.02. The lowest BCUT2D eigenvalue weighted by Crippen LogP contribution is -2.14. The average Bonchev–Trinajstić information content (AvgIpc) is 3.84. The first-order valence-corrected chi connectivity index (χ1v) is 21.8. The summed E-state index contributed by atoms with van der Waals surface area (Å²) in [6.45, 7) is 4.70. The Balaban J connectivity index is 1.01. The van der Waals surface area contributed by atoms with Gasteiger partial charge < -0.3 is 9.32 Å². The van der Waals surface area contributed by atoms with Crippen molar-refractivity contribution in [3.63, 3.8) is 0 Å². The van der Waals surface area contributed by atoms with E-state index in [0.717, 1.165) is 55.7 Å². The zero-order valence-electron chi connectivity index (χ0n) is 35.2. The molecule has 1 aliphatic carbocycles. The van der Waals surface area contributed by atoms with Gasteiger partial charge in [0.25, 0.3) is 0 Å². The van der Waals surface area contributed by atoms with Gasteiger partial charge in [0.1, 0.15) is 11.2 Å². The van der Waals surface area contributed by atoms with Crippen LogP contribution in [-0.2, 0) is 5.41 Å². The van der Waals surface area contributed by atoms with E-state index in [-0.39, 0.29) is 5.41 Å². The number of furan rings is 1. The van der Waals surface area contributed by atoms with Crippen molar-refractivity contribution in [1.82, 2.24) is 0 Å². The van der Waals surface area contributed by atoms with Crippen molar-refractivity contribution >= 4 is 49.8 Å². The molecule has 0 fully saturated rings. The fourth-order valence-corrected chi connectivity index (χ4v) is 10.2. The summed E-state index contributed by atoms with van der Waals surface area (Å²) in [5, 5.41) is 4.73. The molecular formula is C61H43NO. The van der Waals surface area contributed by atoms with Crippen molar-refractivity contribution in [2.24, 2.45) is 0 Å². The van der Waals surface area contributed by atoms with Crippen LogP contribution in [0.5, 0.6) is 0 Å². The first kappa shape index (κ1) is 36.9. The van der Waals surface area contributed by atoms with Gasteiger partial charge in [-0.1, -0.05) is 190 Å². The van der Waals surface area contributed by atoms with E-state index in [4.69, 9.17) is 4.42 Å². The third-order valence-electron chi connectivity index (χ3n) is 13.3. The molecule has 10 aromatic carbocycles. The summed E-state index contributed by atoms with van der Waals surface area (Å²) in [5.74, 6) is 0. The van der Waals surface area contributed by atoms with E-state index in [1.165, 1.54) is 60.8 Å². The van der Waals surface area contributed by atoms with Crippen molar-refractivity contribution in [3.05, 3.63) is 236 Å². The number of anilines is 3. The molecule has 0 unspecified atom stereocenters. The van der Waals surface area contributed by atoms with Crippen molar-refractivity contribution in [2.45, 2.75) is 19.3 Å². The van der Waals surface area contributed by atoms with Gasteiger partial charge in [0, 0.05) is 33.1 Å². The standard InChI is InChI=1S/C61H43NO/c1-61(2)54-25-9-6-19-49(54)50-38-33-44(39-55(50)61)40-29-34-45(35-30-40)62(46-36-31-42(32-37-46)48-23-14-28-58-60(48)53-21-8-11-27-57(53)63-58)56-26-10-7-20-51(56)52-24-13-18-43-17-12-22-47(59(43)52)41-15-4-3-5-16-41/h3-39H,1-2H3. The van der Waals surface area contributed by atoms with Gasteiger partial charge in [-0.15, -0.1) is 0 Å². The topological polar surface area (TPSA) is 16.4 Å². The van der Waals surface area contributed by atoms with Gasteiger partial charge in [0.15, 0.2) is 0 Å². The van der Waals surface area contributed by atoms with E-state index in [2.05, 4.69) is 231 Å². The maximum absolute atomic E-state index is 6.29. The molecule has 0 aliphatic heterocycles. The molecule has 0 bridgehead atoms. The van der Waals surface area contributed by atoms with Gasteiger partial charge >= 0.3 is 0 Å². The van der Waals surface area contributed by atoms with E-state index < -0.39 is 0 Å². The largest absolute Gasteiger partial charge is 0.456 e. The normalized spacial score (nSPS) is 12.7. The van der Waals surface area contributed by atoms with Gasteiger partial charge in [-0.25, -0.2) is 0 Å². The summed E-state index contributed by atoms with van der Waals surface area (Å²) in [6.07, 6.45) is 0. The lowest BCUT2D eigenvalue weighted by molar-refractivity contribution is 0.660. The molecule has 0 N–H and O–H groups in total. The number of nitrogens with zero attached hydrogens (tertiary/aromatic N) is 1. The maximum Gasteiger partial charge on any atom is 0.136 e. The number of benzene rings is 10. The van der Waals surface area contributed by atoms with E-state index in [1.54, 1.807) is 0 Å². The lowest BCUT2D eigenvalue weighted by Gasteiger charge is -2.29. The second kappa shape index (κ2) is 14.6. The zero-order valence-corrected chi connectivity index (χ0v) is 35.2. The van der Waals surface area contributed by atoms with Crippen molar-refractivity contribution in [1.29, 1.82) is 0 Å². The molecule has 0 saturated heterocycles. The molecule has 63 heavy (non-hydrogen) atoms. The summed E-state index contributed by atoms with van der Waals surface area (Å²) in [5.41, 5.74) is 20.0. The monoisotopic (exact) mass is 805 g/mol. The Morgan fingerprint density at radius 3 is 1.67 bits per heavy atom. The second-order valence-corrected chi connectivity index (χ2v) is 17.2. The molecule has 0 spiro atoms. The Hall–Kier alpha value is -7.94. The van der Waals surface area contributed by atoms with Crippen LogP contribution in [0, 0.1) is 0 Å². The summed E-state index contributed by atoms with van der Waals surface area (Å²) in [4.78, 5) is 2.42. The highest BCUT2D eigenvalue weighted by molar-refractivity contribution is 6.13. The fourth-order valence-electron chi connectivity index (χ4n) is 10.2. The second-order valence-electron chi connectivity index (χ2n) is 17.2. The molecule has 0 amide bonds. The van der Waals surface area contributed by atoms with Crippen LogP contribution in [0.3, 0.4) is 0 Å². The van der Waals surface area contributed by atoms with Crippen LogP contribution >= 0.6 is 0 Å². The lowest BCUT2D eigenvalue weighted by atomic mass is 9.81. The van der Waals surface area contributed by atoms with E-state index in [0.29, 0.717) is 0 Å². The van der Waals surface area contributed by atoms with Crippen LogP contribution < -0.4 is 4.90 Å². The predicted molar refractivity (Wildman–Crippen MR) is 265 cm³/mol. The van der Waals surface area contributed by atoms with E-state index >= 15 is 0 Å². The van der Waals surface area contributed by atoms with Crippen LogP contribution in [0.4, 0.5) is 17.1 Å². The zero-order chi connectivity index (χ0) is 42.1. The van der Waals surface area contributed by atoms with Crippen LogP contribution in [0.15, 0.2) is 229 Å². The van der Waals surface area contributed by atoms with E-state index in [9.17, 15) is 0 Å². The highest BCUT2D eigenvalue weighted by Crippen LogP contribution is 2.50. The van der Waals surface area contributed by atoms with Gasteiger partial charge in [-0.3, -0.25) is 0 Å². The Morgan fingerprint density at radius 1 is 0.349 bits per heavy atom. The minimum absolute atomic E-state index is 0.0627. The maximum atomic E-state index is 6.29. The quantitative estimate of drug-likeness (QED) is 0.160. The highest BCUT2D eigenvalue weighted by Gasteiger charge is 2.35. The minimum Gasteiger partial charge on any atom is -0.456 e. The number of hydrogen-bond donors (Lipinski definition) is 0. The third-order valence-corrected chi connectivity index (χ3v) is 13.3. The summed E-state index contributed by atoms with van der Waals surface area (Å²) >= 11 is 0. The van der Waals surface area contributed by atoms with Crippen LogP contribution in [0.2, 0.25) is 0 Å². The van der Waals surface area contributed by atoms with Crippen LogP contribution in [-0.4, -0.2) is 0 Å². The fraction of sp³-hybridized carbons (Fsp3) is 0.0492. The Morgan fingerprint density at radius 2 is 0.889 bits per heavy atom. The molecule has 1 heterocycles. The molecule has 0 atom stereocenters. The molecule has 0 saturated carbocycles. The summed E-state index contributed by atoms with van der Waals surface area (Å²) in [7, 11) is 0. The molecule has 298 valence electrons. The number of hydrogen-bond acceptors (Lipinski definition) is 2. The molecule has 2 nitrogen and oxygen atoms in total. The molecular weight excluding hydrogens is 763 g/mol. The van der Waals surface area contributed by atoms with Crippen LogP contribution in [0.25, 0.3) is 88.3 Å². The molecule has 1 aliphatic rings. The minimum atomic E-state index is -0.0627. The van der Waals surface area contributed by atoms with Crippen molar-refractivity contribution < 1.29 is 4.42 Å². The molecule has 12 rings (SSSR count). The van der Waals surface area contributed by atoms with Crippen molar-refractivity contribution in [3.8, 4) is 55.6 Å². The smallest absolute Gasteiger partial charge is 0.136 e. The number of fused-ring (bicyclic) bond motifs is 7. The van der Waals surface area contributed by atoms with Gasteiger partial charge in [0.2, 0.25) is 0 Å². The first-order chi connectivity index (χ1) is 31.0. The summed E-state index contributed by atoms with van der Waals surface area (Å²) < 4.78 is 6.29. The number of rotatable bonds is 7. The molecule has 1 aromatic heterocycles. The molecule has 0 radical (unpaired) electrons. The highest BCUT2D eigenvalue weighted by atomic mass is 16.3. The molecule has 2 heteroatoms. The molecule has 11 aromatic rings. The first-order valence-electron chi connectivity index (χ1n) is 21.8. The van der Waals surface area contributed by atoms with Crippen molar-refractivity contribution in [2.75, 3.05) is 4.90 Å². The Kier molecular flexibility index (Phi) is 8.55. The number of para-hydroxylation sites is 2. The van der Waals surface area contributed by atoms with Gasteiger partial charge in [-0.2, -0.15) is 0 Å². The Bertz CT molecular complexity index is 3520. The SMILES string of the molecule is CC1(C)c2ccccc2-c2ccc(-c3ccc(N(c4ccc(-c5cccc6oc7ccccc7c56)cc4)c4ccccc4-c4cccc5cccc(-c6ccccc6)c45)cc3)cc21. The summed E-state index contributed by atoms with van der Waals surface area (Å²) in [6, 6.07) is 81.7. The predicted octanol–water partition coefficient (Wildman–Crippen LogP) is 17.2. The Labute approximate surface area is 368 Å². The van der Waals surface area contributed by atoms with Gasteiger partial charge in [-0.05, 0) is 121 Å². The van der Waals surface area contributed by atoms with E-state index in [1.807, 2.05) is 12.1 Å².